The van der Waals surface area contributed by atoms with Crippen LogP contribution in [0.3, 0.4) is 0 Å². The number of hydrogen-bond donors (Lipinski definition) is 0. The standard InChI is InChI=1S/C62H37N3O2/c1-4-15-38(16-5-1)40-27-29-42(30-28-40)59-61-60(47-23-12-13-25-54(47)67-61)64-62(63-59)48-24-14-26-56-58(48)51-36-44(32-34-55(51)66-56)65-52-33-31-43(39-17-6-2-7-18-39)35-50(52)57-46-22-11-10-21-45(46)49(37-53(57)65)41-19-8-3-9-20-41/h1-37H. The van der Waals surface area contributed by atoms with Gasteiger partial charge in [0, 0.05) is 43.7 Å². The van der Waals surface area contributed by atoms with Gasteiger partial charge in [0.2, 0.25) is 0 Å². The van der Waals surface area contributed by atoms with Gasteiger partial charge in [-0.15, -0.1) is 0 Å². The van der Waals surface area contributed by atoms with Crippen LogP contribution in [0.4, 0.5) is 0 Å². The average molecular weight is 856 g/mol. The molecule has 0 bridgehead atoms. The summed E-state index contributed by atoms with van der Waals surface area (Å²) in [7, 11) is 0. The molecule has 14 rings (SSSR count). The number of furan rings is 2. The monoisotopic (exact) mass is 855 g/mol. The van der Waals surface area contributed by atoms with Gasteiger partial charge in [0.25, 0.3) is 0 Å². The van der Waals surface area contributed by atoms with Gasteiger partial charge in [-0.25, -0.2) is 9.97 Å². The fourth-order valence-electron chi connectivity index (χ4n) is 10.3. The summed E-state index contributed by atoms with van der Waals surface area (Å²) >= 11 is 0. The van der Waals surface area contributed by atoms with E-state index in [9.17, 15) is 0 Å². The van der Waals surface area contributed by atoms with Crippen LogP contribution in [-0.2, 0) is 0 Å². The second-order valence-corrected chi connectivity index (χ2v) is 17.2. The highest BCUT2D eigenvalue weighted by Gasteiger charge is 2.23. The average Bonchev–Trinajstić information content (AvgIpc) is 4.08. The lowest BCUT2D eigenvalue weighted by atomic mass is 9.94. The van der Waals surface area contributed by atoms with Crippen LogP contribution in [0.1, 0.15) is 0 Å². The molecule has 0 atom stereocenters. The minimum Gasteiger partial charge on any atom is -0.456 e. The number of para-hydroxylation sites is 1. The molecule has 4 aromatic heterocycles. The molecule has 10 aromatic carbocycles. The Labute approximate surface area is 384 Å². The molecule has 14 aromatic rings. The normalized spacial score (nSPS) is 11.9. The molecule has 0 aliphatic heterocycles. The van der Waals surface area contributed by atoms with E-state index in [2.05, 4.69) is 193 Å². The molecule has 0 unspecified atom stereocenters. The quantitative estimate of drug-likeness (QED) is 0.167. The fourth-order valence-corrected chi connectivity index (χ4v) is 10.3. The van der Waals surface area contributed by atoms with Crippen LogP contribution in [0.2, 0.25) is 0 Å². The molecule has 0 fully saturated rings. The Morgan fingerprint density at radius 2 is 0.940 bits per heavy atom. The highest BCUT2D eigenvalue weighted by molar-refractivity contribution is 6.25. The number of hydrogen-bond acceptors (Lipinski definition) is 4. The van der Waals surface area contributed by atoms with Crippen molar-refractivity contribution in [2.24, 2.45) is 0 Å². The van der Waals surface area contributed by atoms with Crippen molar-refractivity contribution in [2.75, 3.05) is 0 Å². The zero-order chi connectivity index (χ0) is 44.0. The van der Waals surface area contributed by atoms with Crippen LogP contribution >= 0.6 is 0 Å². The molecule has 5 heteroatoms. The maximum Gasteiger partial charge on any atom is 0.180 e. The van der Waals surface area contributed by atoms with Crippen molar-refractivity contribution in [1.82, 2.24) is 14.5 Å². The van der Waals surface area contributed by atoms with Crippen LogP contribution in [-0.4, -0.2) is 14.5 Å². The summed E-state index contributed by atoms with van der Waals surface area (Å²) in [5, 5.41) is 7.74. The van der Waals surface area contributed by atoms with E-state index in [1.54, 1.807) is 0 Å². The predicted molar refractivity (Wildman–Crippen MR) is 276 cm³/mol. The van der Waals surface area contributed by atoms with E-state index in [0.29, 0.717) is 11.4 Å². The van der Waals surface area contributed by atoms with E-state index < -0.39 is 0 Å². The number of benzene rings is 10. The van der Waals surface area contributed by atoms with Crippen molar-refractivity contribution < 1.29 is 8.83 Å². The van der Waals surface area contributed by atoms with Crippen LogP contribution < -0.4 is 0 Å². The smallest absolute Gasteiger partial charge is 0.180 e. The maximum absolute atomic E-state index is 6.69. The summed E-state index contributed by atoms with van der Waals surface area (Å²) in [4.78, 5) is 10.7. The summed E-state index contributed by atoms with van der Waals surface area (Å²) in [6.45, 7) is 0. The minimum absolute atomic E-state index is 0.601. The van der Waals surface area contributed by atoms with Gasteiger partial charge in [-0.3, -0.25) is 0 Å². The Bertz CT molecular complexity index is 4240. The van der Waals surface area contributed by atoms with Crippen LogP contribution in [0, 0.1) is 0 Å². The molecular weight excluding hydrogens is 819 g/mol. The second kappa shape index (κ2) is 14.7. The molecule has 0 spiro atoms. The Balaban J connectivity index is 1.01. The fraction of sp³-hybridized carbons (Fsp3) is 0. The van der Waals surface area contributed by atoms with E-state index >= 15 is 0 Å². The lowest BCUT2D eigenvalue weighted by molar-refractivity contribution is 0.667. The first-order chi connectivity index (χ1) is 33.2. The first-order valence-electron chi connectivity index (χ1n) is 22.6. The van der Waals surface area contributed by atoms with Crippen LogP contribution in [0.25, 0.3) is 138 Å². The lowest BCUT2D eigenvalue weighted by Gasteiger charge is -2.12. The van der Waals surface area contributed by atoms with Gasteiger partial charge in [0.1, 0.15) is 28.0 Å². The summed E-state index contributed by atoms with van der Waals surface area (Å²) in [6, 6.07) is 79.3. The predicted octanol–water partition coefficient (Wildman–Crippen LogP) is 16.9. The van der Waals surface area contributed by atoms with Crippen LogP contribution in [0.15, 0.2) is 233 Å². The van der Waals surface area contributed by atoms with Crippen molar-refractivity contribution in [3.63, 3.8) is 0 Å². The summed E-state index contributed by atoms with van der Waals surface area (Å²) in [5.74, 6) is 0.601. The Morgan fingerprint density at radius 1 is 0.328 bits per heavy atom. The highest BCUT2D eigenvalue weighted by atomic mass is 16.3. The largest absolute Gasteiger partial charge is 0.456 e. The molecule has 0 aliphatic rings. The summed E-state index contributed by atoms with van der Waals surface area (Å²) in [6.07, 6.45) is 0. The number of aromatic nitrogens is 3. The number of nitrogens with zero attached hydrogens (tertiary/aromatic N) is 3. The molecule has 0 amide bonds. The molecule has 312 valence electrons. The molecule has 67 heavy (non-hydrogen) atoms. The third-order valence-corrected chi connectivity index (χ3v) is 13.4. The molecule has 0 N–H and O–H groups in total. The first-order valence-corrected chi connectivity index (χ1v) is 22.6. The third kappa shape index (κ3) is 5.88. The number of fused-ring (bicyclic) bond motifs is 11. The third-order valence-electron chi connectivity index (χ3n) is 13.4. The van der Waals surface area contributed by atoms with Gasteiger partial charge in [0.15, 0.2) is 11.4 Å². The highest BCUT2D eigenvalue weighted by Crippen LogP contribution is 2.45. The topological polar surface area (TPSA) is 57.0 Å². The first kappa shape index (κ1) is 37.3. The zero-order valence-corrected chi connectivity index (χ0v) is 36.0. The number of rotatable bonds is 6. The van der Waals surface area contributed by atoms with E-state index in [1.165, 1.54) is 43.8 Å². The van der Waals surface area contributed by atoms with Crippen molar-refractivity contribution in [1.29, 1.82) is 0 Å². The van der Waals surface area contributed by atoms with Crippen LogP contribution in [0.5, 0.6) is 0 Å². The molecular formula is C62H37N3O2. The maximum atomic E-state index is 6.69. The molecule has 0 aliphatic carbocycles. The molecule has 0 saturated carbocycles. The van der Waals surface area contributed by atoms with Gasteiger partial charge < -0.3 is 13.4 Å². The van der Waals surface area contributed by atoms with Gasteiger partial charge >= 0.3 is 0 Å². The molecule has 0 radical (unpaired) electrons. The SMILES string of the molecule is c1ccc(-c2ccc(-c3nc(-c4cccc5oc6ccc(-n7c8ccc(-c9ccccc9)cc8c8c9ccccc9c(-c9ccccc9)cc87)cc6c45)nc4c3oc3ccccc34)cc2)cc1. The van der Waals surface area contributed by atoms with Crippen molar-refractivity contribution >= 4 is 76.6 Å². The summed E-state index contributed by atoms with van der Waals surface area (Å²) < 4.78 is 15.7. The van der Waals surface area contributed by atoms with Gasteiger partial charge in [0.05, 0.1) is 11.0 Å². The molecule has 0 saturated heterocycles. The second-order valence-electron chi connectivity index (χ2n) is 17.2. The van der Waals surface area contributed by atoms with Crippen molar-refractivity contribution in [3.05, 3.63) is 224 Å². The Morgan fingerprint density at radius 3 is 1.72 bits per heavy atom. The lowest BCUT2D eigenvalue weighted by Crippen LogP contribution is -1.95. The van der Waals surface area contributed by atoms with E-state index in [4.69, 9.17) is 18.8 Å². The minimum atomic E-state index is 0.601. The molecule has 4 heterocycles. The Kier molecular flexibility index (Phi) is 8.21. The molecule has 5 nitrogen and oxygen atoms in total. The van der Waals surface area contributed by atoms with Gasteiger partial charge in [-0.2, -0.15) is 0 Å². The summed E-state index contributed by atoms with van der Waals surface area (Å²) in [5.41, 5.74) is 16.7. The van der Waals surface area contributed by atoms with E-state index in [1.807, 2.05) is 36.4 Å². The van der Waals surface area contributed by atoms with Crippen molar-refractivity contribution in [3.8, 4) is 61.7 Å². The zero-order valence-electron chi connectivity index (χ0n) is 36.0. The van der Waals surface area contributed by atoms with Gasteiger partial charge in [-0.1, -0.05) is 170 Å². The van der Waals surface area contributed by atoms with Gasteiger partial charge in [-0.05, 0) is 98.8 Å². The van der Waals surface area contributed by atoms with Crippen molar-refractivity contribution in [2.45, 2.75) is 0 Å². The van der Waals surface area contributed by atoms with E-state index in [0.717, 1.165) is 83.1 Å². The Hall–Kier alpha value is -9.06. The van der Waals surface area contributed by atoms with E-state index in [-0.39, 0.29) is 0 Å².